The van der Waals surface area contributed by atoms with Crippen LogP contribution in [-0.2, 0) is 22.4 Å². The van der Waals surface area contributed by atoms with E-state index in [0.717, 1.165) is 36.8 Å². The smallest absolute Gasteiger partial charge is 0.341 e. The summed E-state index contributed by atoms with van der Waals surface area (Å²) >= 11 is 7.40. The van der Waals surface area contributed by atoms with Crippen LogP contribution in [0.2, 0.25) is 5.02 Å². The van der Waals surface area contributed by atoms with Gasteiger partial charge < -0.3 is 10.1 Å². The lowest BCUT2D eigenvalue weighted by Crippen LogP contribution is -2.28. The van der Waals surface area contributed by atoms with Crippen LogP contribution in [0.5, 0.6) is 0 Å². The van der Waals surface area contributed by atoms with Gasteiger partial charge in [0.15, 0.2) is 0 Å². The van der Waals surface area contributed by atoms with Crippen molar-refractivity contribution in [2.24, 2.45) is 11.3 Å². The standard InChI is InChI=1S/C24H28ClNO3S/c1-5-24(2,3)16-9-12-18-19(14-16)30-22(21(18)23(28)29-4)26-20(27)13-8-15-6-10-17(25)11-7-15/h6-8,10-11,13,16H,5,9,12,14H2,1-4H3,(H,26,27). The minimum absolute atomic E-state index is 0.248. The Morgan fingerprint density at radius 2 is 2.00 bits per heavy atom. The van der Waals surface area contributed by atoms with Crippen molar-refractivity contribution in [3.63, 3.8) is 0 Å². The number of hydrogen-bond acceptors (Lipinski definition) is 4. The fraction of sp³-hybridized carbons (Fsp3) is 0.417. The number of carbonyl (C=O) groups is 2. The number of ether oxygens (including phenoxy) is 1. The number of carbonyl (C=O) groups excluding carboxylic acids is 2. The molecule has 6 heteroatoms. The van der Waals surface area contributed by atoms with Crippen molar-refractivity contribution < 1.29 is 14.3 Å². The molecule has 0 saturated carbocycles. The van der Waals surface area contributed by atoms with Gasteiger partial charge in [-0.25, -0.2) is 4.79 Å². The molecule has 160 valence electrons. The quantitative estimate of drug-likeness (QED) is 0.414. The fourth-order valence-corrected chi connectivity index (χ4v) is 5.29. The Morgan fingerprint density at radius 3 is 2.63 bits per heavy atom. The van der Waals surface area contributed by atoms with Gasteiger partial charge in [0.25, 0.3) is 0 Å². The number of rotatable bonds is 6. The van der Waals surface area contributed by atoms with Crippen LogP contribution in [0.25, 0.3) is 6.08 Å². The van der Waals surface area contributed by atoms with Crippen LogP contribution in [0.3, 0.4) is 0 Å². The van der Waals surface area contributed by atoms with Crippen LogP contribution in [0.15, 0.2) is 30.3 Å². The summed E-state index contributed by atoms with van der Waals surface area (Å²) in [5.74, 6) is -0.107. The second kappa shape index (κ2) is 9.36. The van der Waals surface area contributed by atoms with E-state index in [9.17, 15) is 9.59 Å². The van der Waals surface area contributed by atoms with Crippen molar-refractivity contribution in [3.05, 3.63) is 56.9 Å². The van der Waals surface area contributed by atoms with Crippen LogP contribution in [0.4, 0.5) is 5.00 Å². The van der Waals surface area contributed by atoms with E-state index in [-0.39, 0.29) is 11.3 Å². The number of benzene rings is 1. The predicted octanol–water partition coefficient (Wildman–Crippen LogP) is 6.38. The zero-order valence-electron chi connectivity index (χ0n) is 17.9. The molecule has 1 N–H and O–H groups in total. The Kier molecular flexibility index (Phi) is 7.04. The molecule has 1 aliphatic carbocycles. The van der Waals surface area contributed by atoms with Gasteiger partial charge in [-0.2, -0.15) is 0 Å². The van der Waals surface area contributed by atoms with Crippen molar-refractivity contribution in [1.82, 2.24) is 0 Å². The molecular formula is C24H28ClNO3S. The number of thiophene rings is 1. The molecule has 0 bridgehead atoms. The normalized spacial score (nSPS) is 16.4. The molecule has 2 aromatic rings. The van der Waals surface area contributed by atoms with E-state index in [1.807, 2.05) is 12.1 Å². The van der Waals surface area contributed by atoms with Crippen LogP contribution in [-0.4, -0.2) is 19.0 Å². The molecule has 1 heterocycles. The minimum atomic E-state index is -0.391. The van der Waals surface area contributed by atoms with Gasteiger partial charge in [0.2, 0.25) is 5.91 Å². The van der Waals surface area contributed by atoms with Crippen molar-refractivity contribution in [2.75, 3.05) is 12.4 Å². The SMILES string of the molecule is CCC(C)(C)C1CCc2c(sc(NC(=O)C=Cc3ccc(Cl)cc3)c2C(=O)OC)C1. The lowest BCUT2D eigenvalue weighted by Gasteiger charge is -2.36. The maximum atomic E-state index is 12.5. The van der Waals surface area contributed by atoms with Gasteiger partial charge in [0.05, 0.1) is 12.7 Å². The van der Waals surface area contributed by atoms with Gasteiger partial charge in [0, 0.05) is 16.0 Å². The Bertz CT molecular complexity index is 960. The molecule has 30 heavy (non-hydrogen) atoms. The molecule has 0 aliphatic heterocycles. The number of amides is 1. The molecule has 1 aromatic carbocycles. The molecule has 0 radical (unpaired) electrons. The summed E-state index contributed by atoms with van der Waals surface area (Å²) in [5, 5.41) is 4.12. The highest BCUT2D eigenvalue weighted by Gasteiger charge is 2.35. The molecule has 1 unspecified atom stereocenters. The van der Waals surface area contributed by atoms with Gasteiger partial charge in [-0.3, -0.25) is 4.79 Å². The van der Waals surface area contributed by atoms with Crippen LogP contribution in [0, 0.1) is 11.3 Å². The number of hydrogen-bond donors (Lipinski definition) is 1. The second-order valence-corrected chi connectivity index (χ2v) is 9.90. The van der Waals surface area contributed by atoms with Crippen molar-refractivity contribution >= 4 is 45.9 Å². The average molecular weight is 446 g/mol. The summed E-state index contributed by atoms with van der Waals surface area (Å²) in [6, 6.07) is 7.23. The summed E-state index contributed by atoms with van der Waals surface area (Å²) in [6.45, 7) is 6.84. The molecule has 3 rings (SSSR count). The Hall–Kier alpha value is -2.11. The summed E-state index contributed by atoms with van der Waals surface area (Å²) in [5.41, 5.74) is 2.67. The highest BCUT2D eigenvalue weighted by Crippen LogP contribution is 2.45. The van der Waals surface area contributed by atoms with Gasteiger partial charge in [0.1, 0.15) is 5.00 Å². The van der Waals surface area contributed by atoms with E-state index in [1.54, 1.807) is 18.2 Å². The highest BCUT2D eigenvalue weighted by molar-refractivity contribution is 7.17. The maximum absolute atomic E-state index is 12.5. The second-order valence-electron chi connectivity index (χ2n) is 8.36. The first kappa shape index (κ1) is 22.6. The monoisotopic (exact) mass is 445 g/mol. The van der Waals surface area contributed by atoms with Crippen molar-refractivity contribution in [3.8, 4) is 0 Å². The van der Waals surface area contributed by atoms with E-state index in [1.165, 1.54) is 29.4 Å². The molecule has 0 spiro atoms. The molecular weight excluding hydrogens is 418 g/mol. The Morgan fingerprint density at radius 1 is 1.30 bits per heavy atom. The van der Waals surface area contributed by atoms with Crippen LogP contribution < -0.4 is 5.32 Å². The van der Waals surface area contributed by atoms with Crippen molar-refractivity contribution in [1.29, 1.82) is 0 Å². The number of methoxy groups -OCH3 is 1. The Labute approximate surface area is 187 Å². The van der Waals surface area contributed by atoms with Crippen molar-refractivity contribution in [2.45, 2.75) is 46.5 Å². The van der Waals surface area contributed by atoms with Gasteiger partial charge in [-0.1, -0.05) is 50.9 Å². The summed E-state index contributed by atoms with van der Waals surface area (Å²) < 4.78 is 5.02. The molecule has 0 saturated heterocycles. The van der Waals surface area contributed by atoms with E-state index in [0.29, 0.717) is 21.5 Å². The number of anilines is 1. The van der Waals surface area contributed by atoms with Crippen LogP contribution >= 0.6 is 22.9 Å². The summed E-state index contributed by atoms with van der Waals surface area (Å²) in [7, 11) is 1.38. The third-order valence-corrected chi connectivity index (χ3v) is 7.63. The first-order valence-electron chi connectivity index (χ1n) is 10.2. The molecule has 1 aromatic heterocycles. The third-order valence-electron chi connectivity index (χ3n) is 6.21. The first-order chi connectivity index (χ1) is 14.2. The largest absolute Gasteiger partial charge is 0.465 e. The zero-order chi connectivity index (χ0) is 21.9. The maximum Gasteiger partial charge on any atom is 0.341 e. The first-order valence-corrected chi connectivity index (χ1v) is 11.4. The fourth-order valence-electron chi connectivity index (χ4n) is 3.85. The number of fused-ring (bicyclic) bond motifs is 1. The molecule has 1 aliphatic rings. The molecule has 4 nitrogen and oxygen atoms in total. The topological polar surface area (TPSA) is 55.4 Å². The van der Waals surface area contributed by atoms with Gasteiger partial charge in [-0.15, -0.1) is 11.3 Å². The van der Waals surface area contributed by atoms with E-state index >= 15 is 0 Å². The van der Waals surface area contributed by atoms with E-state index < -0.39 is 5.97 Å². The molecule has 0 fully saturated rings. The average Bonchev–Trinajstić information content (AvgIpc) is 3.09. The van der Waals surface area contributed by atoms with E-state index in [4.69, 9.17) is 16.3 Å². The Balaban J connectivity index is 1.83. The lowest BCUT2D eigenvalue weighted by molar-refractivity contribution is -0.111. The third kappa shape index (κ3) is 4.96. The van der Waals surface area contributed by atoms with Gasteiger partial charge in [-0.05, 0) is 59.9 Å². The molecule has 1 atom stereocenters. The summed E-state index contributed by atoms with van der Waals surface area (Å²) in [6.07, 6.45) is 7.10. The minimum Gasteiger partial charge on any atom is -0.465 e. The van der Waals surface area contributed by atoms with E-state index in [2.05, 4.69) is 26.1 Å². The number of halogens is 1. The van der Waals surface area contributed by atoms with Gasteiger partial charge >= 0.3 is 5.97 Å². The highest BCUT2D eigenvalue weighted by atomic mass is 35.5. The lowest BCUT2D eigenvalue weighted by atomic mass is 9.69. The number of nitrogens with one attached hydrogen (secondary N) is 1. The summed E-state index contributed by atoms with van der Waals surface area (Å²) in [4.78, 5) is 26.2. The van der Waals surface area contributed by atoms with Crippen LogP contribution in [0.1, 0.15) is 60.0 Å². The molecule has 1 amide bonds. The number of esters is 1. The predicted molar refractivity (Wildman–Crippen MR) is 124 cm³/mol. The zero-order valence-corrected chi connectivity index (χ0v) is 19.5.